The molecule has 2 saturated carbocycles. The third kappa shape index (κ3) is 7.97. The summed E-state index contributed by atoms with van der Waals surface area (Å²) in [6, 6.07) is 9.38. The summed E-state index contributed by atoms with van der Waals surface area (Å²) in [6.45, 7) is -1.05. The molecule has 3 aliphatic carbocycles. The van der Waals surface area contributed by atoms with Crippen molar-refractivity contribution in [2.24, 2.45) is 13.0 Å². The molecule has 67 heavy (non-hydrogen) atoms. The second-order valence-electron chi connectivity index (χ2n) is 17.2. The minimum Gasteiger partial charge on any atom is -0.344 e. The minimum absolute atomic E-state index is 0.0121. The Morgan fingerprint density at radius 2 is 1.75 bits per heavy atom. The number of carbonyl (C=O) groups excluding carboxylic acids is 1. The molecule has 1 amide bonds. The van der Waals surface area contributed by atoms with Gasteiger partial charge >= 0.3 is 0 Å². The zero-order chi connectivity index (χ0) is 47.6. The number of rotatable bonds is 14. The average molecular weight is 975 g/mol. The molecule has 0 spiro atoms. The van der Waals surface area contributed by atoms with E-state index in [0.29, 0.717) is 29.2 Å². The van der Waals surface area contributed by atoms with E-state index in [2.05, 4.69) is 25.3 Å². The number of sulfonamides is 1. The van der Waals surface area contributed by atoms with Crippen LogP contribution in [0.2, 0.25) is 5.02 Å². The third-order valence-electron chi connectivity index (χ3n) is 12.1. The zero-order valence-corrected chi connectivity index (χ0v) is 36.5. The summed E-state index contributed by atoms with van der Waals surface area (Å²) in [5, 5.41) is 14.3. The highest BCUT2D eigenvalue weighted by Crippen LogP contribution is 2.68. The van der Waals surface area contributed by atoms with Crippen LogP contribution in [0.25, 0.3) is 38.8 Å². The van der Waals surface area contributed by atoms with Crippen molar-refractivity contribution in [2.75, 3.05) is 4.72 Å². The van der Waals surface area contributed by atoms with Crippen molar-refractivity contribution in [3.8, 4) is 16.9 Å². The second-order valence-corrected chi connectivity index (χ2v) is 19.6. The molecular formula is C43H35ClF8N10O4S. The first-order valence-electron chi connectivity index (χ1n) is 20.7. The molecule has 350 valence electrons. The molecular weight excluding hydrogens is 940 g/mol. The van der Waals surface area contributed by atoms with Gasteiger partial charge in [0.25, 0.3) is 23.8 Å². The third-order valence-corrected chi connectivity index (χ3v) is 14.2. The number of hydrogen-bond acceptors (Lipinski definition) is 8. The lowest BCUT2D eigenvalue weighted by molar-refractivity contribution is -0.123. The van der Waals surface area contributed by atoms with Gasteiger partial charge in [-0.15, -0.1) is 0 Å². The smallest absolute Gasteiger partial charge is 0.293 e. The van der Waals surface area contributed by atoms with Gasteiger partial charge in [-0.2, -0.15) is 24.1 Å². The van der Waals surface area contributed by atoms with Gasteiger partial charge in [-0.3, -0.25) is 32.9 Å². The highest BCUT2D eigenvalue weighted by molar-refractivity contribution is 7.93. The van der Waals surface area contributed by atoms with Crippen LogP contribution in [0.4, 0.5) is 40.9 Å². The second kappa shape index (κ2) is 15.6. The standard InChI is InChI=1S/C43H35ClF8N10O4S/c1-42(49,50)18-60-10-9-28(55-60)20-3-6-24-29(14-20)54-40(62(41(24)64)31-8-7-27(44)34-36(31)59(2)57-39(34)58-67(65,66)23-4-5-23)30(13-19-11-21(45)15-22(46)12-19)53-32(63)17-61-37-33(35(56-61)38(47)48)25-16-26(25)43(37,51)52/h3,6-12,14-15,23,25-26,30,38H,4-5,13,16-18H2,1-2H3,(H,53,63)(H,57,58)/t25-,26+,30-/m0/s1. The van der Waals surface area contributed by atoms with Crippen LogP contribution in [0.3, 0.4) is 0 Å². The fraction of sp³-hybridized carbons (Fsp3) is 0.349. The Hall–Kier alpha value is -6.36. The summed E-state index contributed by atoms with van der Waals surface area (Å²) in [7, 11) is -2.47. The molecule has 0 radical (unpaired) electrons. The van der Waals surface area contributed by atoms with Gasteiger partial charge < -0.3 is 5.32 Å². The van der Waals surface area contributed by atoms with E-state index in [0.717, 1.165) is 28.3 Å². The highest BCUT2D eigenvalue weighted by Gasteiger charge is 2.67. The molecule has 24 heteroatoms. The topological polar surface area (TPSA) is 164 Å². The maximum absolute atomic E-state index is 15.6. The lowest BCUT2D eigenvalue weighted by Crippen LogP contribution is -2.38. The minimum atomic E-state index is -3.92. The molecule has 4 heterocycles. The Morgan fingerprint density at radius 1 is 1.01 bits per heavy atom. The maximum atomic E-state index is 15.6. The fourth-order valence-electron chi connectivity index (χ4n) is 9.05. The number of benzene rings is 3. The van der Waals surface area contributed by atoms with Crippen LogP contribution in [-0.2, 0) is 47.3 Å². The van der Waals surface area contributed by atoms with Crippen molar-refractivity contribution in [2.45, 2.75) is 81.2 Å². The van der Waals surface area contributed by atoms with Gasteiger partial charge in [0.2, 0.25) is 15.9 Å². The largest absolute Gasteiger partial charge is 0.344 e. The van der Waals surface area contributed by atoms with Crippen molar-refractivity contribution in [3.63, 3.8) is 0 Å². The zero-order valence-electron chi connectivity index (χ0n) is 34.9. The number of halogens is 9. The molecule has 7 aromatic rings. The lowest BCUT2D eigenvalue weighted by atomic mass is 10.0. The van der Waals surface area contributed by atoms with E-state index in [9.17, 15) is 39.6 Å². The van der Waals surface area contributed by atoms with E-state index in [1.807, 2.05) is 0 Å². The number of carbonyl (C=O) groups is 1. The SMILES string of the molecule is Cn1nc(NS(=O)(=O)C2CC2)c2c(Cl)ccc(-n3c([C@H](Cc4cc(F)cc(F)c4)NC(=O)Cn4nc(C(F)F)c5c4C(F)(F)[C@@H]4C[C@H]54)nc4cc(-c5ccn(CC(C)(F)F)n5)ccc4c3=O)c21. The molecule has 0 saturated heterocycles. The number of alkyl halides is 6. The number of hydrogen-bond donors (Lipinski definition) is 2. The summed E-state index contributed by atoms with van der Waals surface area (Å²) < 4.78 is 150. The highest BCUT2D eigenvalue weighted by atomic mass is 35.5. The van der Waals surface area contributed by atoms with Crippen LogP contribution in [-0.4, -0.2) is 64.4 Å². The van der Waals surface area contributed by atoms with Crippen LogP contribution in [0.15, 0.2) is 65.6 Å². The van der Waals surface area contributed by atoms with Gasteiger partial charge in [0, 0.05) is 49.7 Å². The van der Waals surface area contributed by atoms with Crippen molar-refractivity contribution in [1.29, 1.82) is 0 Å². The van der Waals surface area contributed by atoms with E-state index in [1.54, 1.807) is 0 Å². The monoisotopic (exact) mass is 974 g/mol. The first-order chi connectivity index (χ1) is 31.6. The molecule has 4 aromatic heterocycles. The van der Waals surface area contributed by atoms with Crippen molar-refractivity contribution in [1.82, 2.24) is 44.2 Å². The quantitative estimate of drug-likeness (QED) is 0.103. The number of anilines is 1. The van der Waals surface area contributed by atoms with E-state index in [1.165, 1.54) is 54.3 Å². The van der Waals surface area contributed by atoms with Gasteiger partial charge in [0.1, 0.15) is 41.9 Å². The lowest BCUT2D eigenvalue weighted by Gasteiger charge is -2.24. The van der Waals surface area contributed by atoms with Gasteiger partial charge in [-0.05, 0) is 73.2 Å². The van der Waals surface area contributed by atoms with Crippen LogP contribution in [0, 0.1) is 17.6 Å². The molecule has 10 rings (SSSR count). The molecule has 14 nitrogen and oxygen atoms in total. The first-order valence-corrected chi connectivity index (χ1v) is 22.7. The van der Waals surface area contributed by atoms with Gasteiger partial charge in [-0.1, -0.05) is 17.7 Å². The molecule has 0 unspecified atom stereocenters. The van der Waals surface area contributed by atoms with Crippen LogP contribution >= 0.6 is 11.6 Å². The van der Waals surface area contributed by atoms with E-state index in [4.69, 9.17) is 16.6 Å². The molecule has 3 atom stereocenters. The van der Waals surface area contributed by atoms with Crippen molar-refractivity contribution < 1.29 is 48.3 Å². The summed E-state index contributed by atoms with van der Waals surface area (Å²) in [5.41, 5.74) is -2.41. The summed E-state index contributed by atoms with van der Waals surface area (Å²) >= 11 is 6.71. The maximum Gasteiger partial charge on any atom is 0.293 e. The molecule has 2 N–H and O–H groups in total. The Kier molecular flexibility index (Phi) is 10.4. The molecule has 0 aliphatic heterocycles. The number of aryl methyl sites for hydroxylation is 1. The van der Waals surface area contributed by atoms with Gasteiger partial charge in [0.05, 0.1) is 49.5 Å². The molecule has 2 fully saturated rings. The van der Waals surface area contributed by atoms with E-state index < -0.39 is 105 Å². The summed E-state index contributed by atoms with van der Waals surface area (Å²) in [4.78, 5) is 34.2. The molecule has 3 aromatic carbocycles. The van der Waals surface area contributed by atoms with Crippen LogP contribution in [0.5, 0.6) is 0 Å². The number of nitrogens with one attached hydrogen (secondary N) is 2. The van der Waals surface area contributed by atoms with Crippen molar-refractivity contribution >= 4 is 55.2 Å². The van der Waals surface area contributed by atoms with Crippen molar-refractivity contribution in [3.05, 3.63) is 116 Å². The number of amides is 1. The van der Waals surface area contributed by atoms with E-state index in [-0.39, 0.29) is 67.4 Å². The summed E-state index contributed by atoms with van der Waals surface area (Å²) in [6.07, 6.45) is -1.63. The average Bonchev–Trinajstić information content (AvgIpc) is 4.12. The fourth-order valence-corrected chi connectivity index (χ4v) is 10.6. The predicted octanol–water partition coefficient (Wildman–Crippen LogP) is 8.07. The molecule has 3 aliphatic rings. The van der Waals surface area contributed by atoms with Crippen LogP contribution < -0.4 is 15.6 Å². The van der Waals surface area contributed by atoms with Gasteiger partial charge in [0.15, 0.2) is 5.82 Å². The number of fused-ring (bicyclic) bond motifs is 5. The summed E-state index contributed by atoms with van der Waals surface area (Å²) in [5.74, 6) is -12.4. The number of aromatic nitrogens is 8. The Morgan fingerprint density at radius 3 is 2.43 bits per heavy atom. The number of nitrogens with zero attached hydrogens (tertiary/aromatic N) is 8. The Labute approximate surface area is 378 Å². The Balaban J connectivity index is 1.16. The van der Waals surface area contributed by atoms with Crippen LogP contribution in [0.1, 0.15) is 72.9 Å². The molecule has 0 bridgehead atoms. The normalized spacial score (nSPS) is 18.1. The van der Waals surface area contributed by atoms with E-state index >= 15 is 13.6 Å². The predicted molar refractivity (Wildman–Crippen MR) is 227 cm³/mol. The Bertz CT molecular complexity index is 3360. The first kappa shape index (κ1) is 44.5. The van der Waals surface area contributed by atoms with Gasteiger partial charge in [-0.25, -0.2) is 39.7 Å².